The molecule has 0 radical (unpaired) electrons. The van der Waals surface area contributed by atoms with Crippen LogP contribution in [0.5, 0.6) is 5.75 Å². The van der Waals surface area contributed by atoms with Gasteiger partial charge in [0.05, 0.1) is 20.4 Å². The maximum Gasteiger partial charge on any atom is 0.213 e. The summed E-state index contributed by atoms with van der Waals surface area (Å²) in [4.78, 5) is 1.14. The van der Waals surface area contributed by atoms with Gasteiger partial charge in [0, 0.05) is 22.0 Å². The highest BCUT2D eigenvalue weighted by Crippen LogP contribution is 2.48. The van der Waals surface area contributed by atoms with Crippen molar-refractivity contribution in [2.24, 2.45) is 5.10 Å². The number of hydrogen-bond acceptors (Lipinski definition) is 4. The zero-order valence-corrected chi connectivity index (χ0v) is 17.9. The summed E-state index contributed by atoms with van der Waals surface area (Å²) in [6.45, 7) is 0. The molecule has 2 aliphatic rings. The fourth-order valence-electron chi connectivity index (χ4n) is 3.52. The van der Waals surface area contributed by atoms with E-state index in [1.807, 2.05) is 23.2 Å². The predicted octanol–water partition coefficient (Wildman–Crippen LogP) is 6.65. The molecular formula is C20H13Br2FN2OS. The first-order valence-electron chi connectivity index (χ1n) is 8.41. The third-order valence-corrected chi connectivity index (χ3v) is 6.93. The van der Waals surface area contributed by atoms with E-state index in [9.17, 15) is 4.39 Å². The van der Waals surface area contributed by atoms with Crippen molar-refractivity contribution in [1.29, 1.82) is 0 Å². The van der Waals surface area contributed by atoms with E-state index in [2.05, 4.69) is 44.0 Å². The second kappa shape index (κ2) is 6.72. The average Bonchev–Trinajstić information content (AvgIpc) is 3.28. The second-order valence-corrected chi connectivity index (χ2v) is 9.83. The summed E-state index contributed by atoms with van der Waals surface area (Å²) in [5.74, 6) is 0.585. The molecular weight excluding hydrogens is 495 g/mol. The summed E-state index contributed by atoms with van der Waals surface area (Å²) in [5, 5.41) is 6.91. The minimum absolute atomic E-state index is 0.0807. The lowest BCUT2D eigenvalue weighted by molar-refractivity contribution is -0.0191. The molecule has 3 nitrogen and oxygen atoms in total. The van der Waals surface area contributed by atoms with Gasteiger partial charge in [0.2, 0.25) is 6.23 Å². The monoisotopic (exact) mass is 506 g/mol. The molecule has 0 amide bonds. The molecule has 0 saturated heterocycles. The van der Waals surface area contributed by atoms with Crippen LogP contribution in [0.1, 0.15) is 34.7 Å². The number of nitrogens with zero attached hydrogens (tertiary/aromatic N) is 2. The fourth-order valence-corrected chi connectivity index (χ4v) is 5.28. The van der Waals surface area contributed by atoms with Crippen molar-refractivity contribution in [2.45, 2.75) is 18.7 Å². The van der Waals surface area contributed by atoms with E-state index in [1.54, 1.807) is 23.5 Å². The number of rotatable bonds is 2. The first-order valence-corrected chi connectivity index (χ1v) is 10.8. The summed E-state index contributed by atoms with van der Waals surface area (Å²) >= 11 is 8.77. The van der Waals surface area contributed by atoms with Gasteiger partial charge < -0.3 is 4.74 Å². The van der Waals surface area contributed by atoms with Crippen LogP contribution in [0, 0.1) is 5.82 Å². The summed E-state index contributed by atoms with van der Waals surface area (Å²) in [6.07, 6.45) is 0.419. The van der Waals surface area contributed by atoms with Crippen LogP contribution in [0.3, 0.4) is 0 Å². The molecule has 3 aromatic rings. The maximum atomic E-state index is 13.4. The normalized spacial score (nSPS) is 20.7. The molecule has 0 N–H and O–H groups in total. The van der Waals surface area contributed by atoms with E-state index < -0.39 is 0 Å². The molecule has 0 saturated carbocycles. The first kappa shape index (κ1) is 17.4. The average molecular weight is 508 g/mol. The number of fused-ring (bicyclic) bond motifs is 3. The maximum absolute atomic E-state index is 13.4. The van der Waals surface area contributed by atoms with Gasteiger partial charge in [0.1, 0.15) is 11.6 Å². The van der Waals surface area contributed by atoms with Crippen LogP contribution in [0.25, 0.3) is 0 Å². The van der Waals surface area contributed by atoms with Crippen LogP contribution >= 0.6 is 43.2 Å². The Morgan fingerprint density at radius 3 is 2.63 bits per heavy atom. The van der Waals surface area contributed by atoms with Crippen LogP contribution in [0.4, 0.5) is 4.39 Å². The number of hydrogen-bond donors (Lipinski definition) is 0. The number of ether oxygens (including phenoxy) is 1. The Kier molecular flexibility index (Phi) is 4.33. The Morgan fingerprint density at radius 2 is 1.89 bits per heavy atom. The molecule has 3 heterocycles. The highest BCUT2D eigenvalue weighted by Gasteiger charge is 2.41. The molecule has 0 spiro atoms. The highest BCUT2D eigenvalue weighted by molar-refractivity contribution is 9.11. The molecule has 0 bridgehead atoms. The number of thiophene rings is 1. The third kappa shape index (κ3) is 3.11. The minimum Gasteiger partial charge on any atom is -0.464 e. The van der Waals surface area contributed by atoms with Gasteiger partial charge in [-0.25, -0.2) is 9.40 Å². The van der Waals surface area contributed by atoms with Gasteiger partial charge in [-0.05, 0) is 58.4 Å². The third-order valence-electron chi connectivity index (χ3n) is 4.76. The number of halogens is 3. The Labute approximate surface area is 176 Å². The zero-order valence-electron chi connectivity index (χ0n) is 13.9. The standard InChI is InChI=1S/C20H13Br2FN2OS/c21-12-3-6-17-14(9-12)16-10-15(18-7-8-19(22)27-18)24-25(16)20(26-17)11-1-4-13(23)5-2-11/h1-9,16,20H,10H2/t16-,20+/m0/s1. The predicted molar refractivity (Wildman–Crippen MR) is 112 cm³/mol. The molecule has 0 fully saturated rings. The van der Waals surface area contributed by atoms with Gasteiger partial charge in [-0.15, -0.1) is 11.3 Å². The van der Waals surface area contributed by atoms with Crippen molar-refractivity contribution in [3.63, 3.8) is 0 Å². The van der Waals surface area contributed by atoms with E-state index in [0.717, 1.165) is 42.1 Å². The van der Waals surface area contributed by atoms with Gasteiger partial charge >= 0.3 is 0 Å². The van der Waals surface area contributed by atoms with Crippen LogP contribution < -0.4 is 4.74 Å². The molecule has 27 heavy (non-hydrogen) atoms. The number of hydrazone groups is 1. The topological polar surface area (TPSA) is 24.8 Å². The number of benzene rings is 2. The summed E-state index contributed by atoms with van der Waals surface area (Å²) in [7, 11) is 0. The molecule has 2 atom stereocenters. The molecule has 2 aromatic carbocycles. The van der Waals surface area contributed by atoms with Crippen molar-refractivity contribution in [1.82, 2.24) is 5.01 Å². The van der Waals surface area contributed by atoms with Crippen LogP contribution in [0.15, 0.2) is 68.0 Å². The fraction of sp³-hybridized carbons (Fsp3) is 0.150. The quantitative estimate of drug-likeness (QED) is 0.387. The summed E-state index contributed by atoms with van der Waals surface area (Å²) in [5.41, 5.74) is 3.03. The van der Waals surface area contributed by atoms with Crippen LogP contribution in [-0.2, 0) is 0 Å². The molecule has 0 unspecified atom stereocenters. The largest absolute Gasteiger partial charge is 0.464 e. The van der Waals surface area contributed by atoms with E-state index in [1.165, 1.54) is 12.1 Å². The van der Waals surface area contributed by atoms with E-state index in [0.29, 0.717) is 0 Å². The molecule has 7 heteroatoms. The van der Waals surface area contributed by atoms with Crippen molar-refractivity contribution in [3.05, 3.63) is 84.7 Å². The van der Waals surface area contributed by atoms with Gasteiger partial charge in [0.15, 0.2) is 0 Å². The van der Waals surface area contributed by atoms with Gasteiger partial charge in [-0.3, -0.25) is 0 Å². The smallest absolute Gasteiger partial charge is 0.213 e. The summed E-state index contributed by atoms with van der Waals surface area (Å²) < 4.78 is 21.8. The Hall–Kier alpha value is -1.70. The van der Waals surface area contributed by atoms with E-state index in [4.69, 9.17) is 9.84 Å². The Morgan fingerprint density at radius 1 is 1.07 bits per heavy atom. The van der Waals surface area contributed by atoms with Crippen molar-refractivity contribution < 1.29 is 9.13 Å². The van der Waals surface area contributed by atoms with E-state index >= 15 is 0 Å². The minimum atomic E-state index is -0.384. The van der Waals surface area contributed by atoms with Crippen molar-refractivity contribution >= 4 is 48.9 Å². The molecule has 0 aliphatic carbocycles. The SMILES string of the molecule is Fc1ccc([C@H]2Oc3ccc(Br)cc3[C@@H]3CC(c4ccc(Br)s4)=NN23)cc1. The highest BCUT2D eigenvalue weighted by atomic mass is 79.9. The van der Waals surface area contributed by atoms with Crippen LogP contribution in [-0.4, -0.2) is 10.7 Å². The Bertz CT molecular complexity index is 1050. The zero-order chi connectivity index (χ0) is 18.5. The lowest BCUT2D eigenvalue weighted by atomic mass is 9.98. The van der Waals surface area contributed by atoms with Crippen molar-refractivity contribution in [3.8, 4) is 5.75 Å². The summed E-state index contributed by atoms with van der Waals surface area (Å²) in [6, 6.07) is 16.7. The van der Waals surface area contributed by atoms with Gasteiger partial charge in [0.25, 0.3) is 0 Å². The molecule has 1 aromatic heterocycles. The molecule has 2 aliphatic heterocycles. The molecule has 5 rings (SSSR count). The van der Waals surface area contributed by atoms with Gasteiger partial charge in [-0.2, -0.15) is 5.10 Å². The van der Waals surface area contributed by atoms with Gasteiger partial charge in [-0.1, -0.05) is 28.1 Å². The first-order chi connectivity index (χ1) is 13.1. The van der Waals surface area contributed by atoms with Crippen molar-refractivity contribution in [2.75, 3.05) is 0 Å². The second-order valence-electron chi connectivity index (χ2n) is 6.45. The lowest BCUT2D eigenvalue weighted by Gasteiger charge is -2.38. The molecule has 136 valence electrons. The lowest BCUT2D eigenvalue weighted by Crippen LogP contribution is -2.33. The van der Waals surface area contributed by atoms with E-state index in [-0.39, 0.29) is 18.1 Å². The van der Waals surface area contributed by atoms with Crippen LogP contribution in [0.2, 0.25) is 0 Å². The Balaban J connectivity index is 1.60.